The summed E-state index contributed by atoms with van der Waals surface area (Å²) in [6.45, 7) is 0. The monoisotopic (exact) mass is 369 g/mol. The van der Waals surface area contributed by atoms with Crippen LogP contribution < -0.4 is 0 Å². The fraction of sp³-hybridized carbons (Fsp3) is 0.238. The minimum absolute atomic E-state index is 0.534. The Hall–Kier alpha value is -3.48. The van der Waals surface area contributed by atoms with Crippen LogP contribution in [0, 0.1) is 0 Å². The third-order valence-corrected chi connectivity index (χ3v) is 5.18. The van der Waals surface area contributed by atoms with Gasteiger partial charge in [-0.3, -0.25) is 4.98 Å². The molecule has 0 fully saturated rings. The van der Waals surface area contributed by atoms with E-state index in [2.05, 4.69) is 42.7 Å². The number of hydrogen-bond acceptors (Lipinski definition) is 6. The number of nitrogens with one attached hydrogen (secondary N) is 1. The smallest absolute Gasteiger partial charge is 0.207 e. The van der Waals surface area contributed by atoms with Gasteiger partial charge in [-0.25, -0.2) is 9.97 Å². The molecule has 0 saturated carbocycles. The van der Waals surface area contributed by atoms with Gasteiger partial charge in [-0.1, -0.05) is 36.8 Å². The summed E-state index contributed by atoms with van der Waals surface area (Å²) in [5.74, 6) is 0.534. The van der Waals surface area contributed by atoms with Gasteiger partial charge in [-0.05, 0) is 42.5 Å². The number of H-pyrrole nitrogens is 1. The quantitative estimate of drug-likeness (QED) is 0.554. The van der Waals surface area contributed by atoms with Crippen LogP contribution in [-0.4, -0.2) is 35.6 Å². The van der Waals surface area contributed by atoms with E-state index in [9.17, 15) is 0 Å². The lowest BCUT2D eigenvalue weighted by Crippen LogP contribution is -2.06. The fourth-order valence-corrected chi connectivity index (χ4v) is 3.93. The Morgan fingerprint density at radius 3 is 2.57 bits per heavy atom. The normalized spacial score (nSPS) is 13.7. The predicted octanol–water partition coefficient (Wildman–Crippen LogP) is 3.65. The van der Waals surface area contributed by atoms with Crippen LogP contribution in [0.1, 0.15) is 30.5 Å². The summed E-state index contributed by atoms with van der Waals surface area (Å²) in [7, 11) is 0. The van der Waals surface area contributed by atoms with Crippen molar-refractivity contribution in [2.75, 3.05) is 0 Å². The zero-order valence-corrected chi connectivity index (χ0v) is 15.3. The molecule has 0 amide bonds. The van der Waals surface area contributed by atoms with Gasteiger partial charge >= 0.3 is 0 Å². The first kappa shape index (κ1) is 16.7. The van der Waals surface area contributed by atoms with E-state index in [-0.39, 0.29) is 0 Å². The molecule has 3 heterocycles. The van der Waals surface area contributed by atoms with E-state index in [1.165, 1.54) is 12.0 Å². The summed E-state index contributed by atoms with van der Waals surface area (Å²) in [6.07, 6.45) is 8.80. The highest BCUT2D eigenvalue weighted by atomic mass is 15.5. The second-order valence-electron chi connectivity index (χ2n) is 6.89. The molecule has 4 aromatic rings. The average molecular weight is 369 g/mol. The highest BCUT2D eigenvalue weighted by Gasteiger charge is 2.26. The largest absolute Gasteiger partial charge is 0.252 e. The molecule has 28 heavy (non-hydrogen) atoms. The van der Waals surface area contributed by atoms with Gasteiger partial charge in [0.05, 0.1) is 17.0 Å². The number of aromatic nitrogens is 7. The van der Waals surface area contributed by atoms with Crippen molar-refractivity contribution in [1.82, 2.24) is 35.6 Å². The highest BCUT2D eigenvalue weighted by Crippen LogP contribution is 2.41. The fourth-order valence-electron chi connectivity index (χ4n) is 3.93. The van der Waals surface area contributed by atoms with Gasteiger partial charge in [0, 0.05) is 23.0 Å². The van der Waals surface area contributed by atoms with Crippen LogP contribution >= 0.6 is 0 Å². The second kappa shape index (κ2) is 7.26. The summed E-state index contributed by atoms with van der Waals surface area (Å²) >= 11 is 0. The van der Waals surface area contributed by atoms with E-state index in [1.807, 2.05) is 24.3 Å². The minimum Gasteiger partial charge on any atom is -0.252 e. The molecule has 0 radical (unpaired) electrons. The Labute approximate surface area is 162 Å². The lowest BCUT2D eigenvalue weighted by molar-refractivity contribution is 0.709. The number of hydrogen-bond donors (Lipinski definition) is 1. The maximum atomic E-state index is 5.12. The van der Waals surface area contributed by atoms with Crippen molar-refractivity contribution in [2.45, 2.75) is 32.1 Å². The highest BCUT2D eigenvalue weighted by molar-refractivity contribution is 5.91. The molecule has 0 aliphatic heterocycles. The van der Waals surface area contributed by atoms with Crippen molar-refractivity contribution < 1.29 is 0 Å². The molecule has 138 valence electrons. The zero-order valence-electron chi connectivity index (χ0n) is 15.3. The molecule has 0 spiro atoms. The lowest BCUT2D eigenvalue weighted by Gasteiger charge is -2.19. The average Bonchev–Trinajstić information content (AvgIpc) is 3.19. The number of aryl methyl sites for hydroxylation is 1. The summed E-state index contributed by atoms with van der Waals surface area (Å²) in [4.78, 5) is 13.8. The maximum Gasteiger partial charge on any atom is 0.207 e. The van der Waals surface area contributed by atoms with Crippen molar-refractivity contribution >= 4 is 0 Å². The summed E-state index contributed by atoms with van der Waals surface area (Å²) in [5, 5.41) is 15.0. The Morgan fingerprint density at radius 2 is 1.79 bits per heavy atom. The Balaban J connectivity index is 1.89. The lowest BCUT2D eigenvalue weighted by atomic mass is 9.90. The molecule has 1 aliphatic rings. The molecule has 7 nitrogen and oxygen atoms in total. The number of rotatable bonds is 3. The van der Waals surface area contributed by atoms with Crippen LogP contribution in [0.3, 0.4) is 0 Å². The third kappa shape index (κ3) is 2.94. The van der Waals surface area contributed by atoms with Crippen molar-refractivity contribution in [3.8, 4) is 33.9 Å². The molecule has 0 atom stereocenters. The van der Waals surface area contributed by atoms with Gasteiger partial charge in [0.15, 0.2) is 0 Å². The topological polar surface area (TPSA) is 93.1 Å². The Kier molecular flexibility index (Phi) is 4.33. The number of pyridine rings is 1. The second-order valence-corrected chi connectivity index (χ2v) is 6.89. The summed E-state index contributed by atoms with van der Waals surface area (Å²) < 4.78 is 0. The van der Waals surface area contributed by atoms with Crippen LogP contribution in [0.5, 0.6) is 0 Å². The maximum absolute atomic E-state index is 5.12. The van der Waals surface area contributed by atoms with E-state index in [4.69, 9.17) is 4.98 Å². The van der Waals surface area contributed by atoms with Crippen molar-refractivity contribution in [2.24, 2.45) is 0 Å². The van der Waals surface area contributed by atoms with E-state index in [1.54, 1.807) is 12.5 Å². The Morgan fingerprint density at radius 1 is 0.893 bits per heavy atom. The molecule has 3 aromatic heterocycles. The third-order valence-electron chi connectivity index (χ3n) is 5.18. The molecule has 0 unspecified atom stereocenters. The van der Waals surface area contributed by atoms with Gasteiger partial charge in [-0.15, -0.1) is 10.2 Å². The van der Waals surface area contributed by atoms with Crippen molar-refractivity contribution in [3.05, 3.63) is 60.2 Å². The van der Waals surface area contributed by atoms with Crippen LogP contribution in [0.2, 0.25) is 0 Å². The molecule has 1 aliphatic carbocycles. The number of nitrogens with zero attached hydrogens (tertiary/aromatic N) is 6. The predicted molar refractivity (Wildman–Crippen MR) is 105 cm³/mol. The summed E-state index contributed by atoms with van der Waals surface area (Å²) in [5.41, 5.74) is 7.09. The van der Waals surface area contributed by atoms with Crippen molar-refractivity contribution in [1.29, 1.82) is 0 Å². The molecule has 7 heteroatoms. The van der Waals surface area contributed by atoms with E-state index in [0.717, 1.165) is 59.5 Å². The zero-order chi connectivity index (χ0) is 18.8. The van der Waals surface area contributed by atoms with E-state index >= 15 is 0 Å². The molecule has 5 rings (SSSR count). The number of tetrazole rings is 1. The first-order valence-corrected chi connectivity index (χ1v) is 9.53. The minimum atomic E-state index is 0.534. The van der Waals surface area contributed by atoms with Crippen LogP contribution in [-0.2, 0) is 12.8 Å². The number of benzene rings is 1. The van der Waals surface area contributed by atoms with E-state index < -0.39 is 0 Å². The molecule has 0 saturated heterocycles. The molecular weight excluding hydrogens is 350 g/mol. The van der Waals surface area contributed by atoms with Gasteiger partial charge in [0.1, 0.15) is 6.33 Å². The SMILES string of the molecule is c1ccc(-c2nc3c(c(-c4ccncn4)c2-c2nn[nH]n2)CCCCC3)cc1. The van der Waals surface area contributed by atoms with Gasteiger partial charge < -0.3 is 0 Å². The van der Waals surface area contributed by atoms with Crippen LogP contribution in [0.25, 0.3) is 33.9 Å². The molecule has 1 aromatic carbocycles. The Bertz CT molecular complexity index is 1080. The molecule has 1 N–H and O–H groups in total. The standard InChI is InChI=1S/C21H19N7/c1-3-7-14(8-4-1)20-19(21-25-27-28-26-21)18(17-11-12-22-13-23-17)15-9-5-2-6-10-16(15)24-20/h1,3-4,7-8,11-13H,2,5-6,9-10H2,(H,25,26,27,28). The first-order chi connectivity index (χ1) is 13.9. The number of aromatic amines is 1. The van der Waals surface area contributed by atoms with E-state index in [0.29, 0.717) is 5.82 Å². The first-order valence-electron chi connectivity index (χ1n) is 9.53. The van der Waals surface area contributed by atoms with Crippen molar-refractivity contribution in [3.63, 3.8) is 0 Å². The molecule has 0 bridgehead atoms. The van der Waals surface area contributed by atoms with Crippen LogP contribution in [0.15, 0.2) is 48.9 Å². The van der Waals surface area contributed by atoms with Gasteiger partial charge in [0.2, 0.25) is 5.82 Å². The molecular formula is C21H19N7. The van der Waals surface area contributed by atoms with Gasteiger partial charge in [-0.2, -0.15) is 5.21 Å². The number of fused-ring (bicyclic) bond motifs is 1. The summed E-state index contributed by atoms with van der Waals surface area (Å²) in [6, 6.07) is 12.1. The van der Waals surface area contributed by atoms with Crippen LogP contribution in [0.4, 0.5) is 0 Å². The van der Waals surface area contributed by atoms with Gasteiger partial charge in [0.25, 0.3) is 0 Å².